The minimum atomic E-state index is -0.935. The molecule has 1 saturated heterocycles. The van der Waals surface area contributed by atoms with Crippen LogP contribution in [0.1, 0.15) is 25.8 Å². The smallest absolute Gasteiger partial charge is 0.335 e. The summed E-state index contributed by atoms with van der Waals surface area (Å²) in [5, 5.41) is 4.56. The molecule has 230 valence electrons. The molecule has 44 heavy (non-hydrogen) atoms. The molecule has 0 bridgehead atoms. The topological polar surface area (TPSA) is 132 Å². The molecular formula is C31H29ClFN3O8. The molecule has 4 rings (SSSR count). The number of benzene rings is 3. The Morgan fingerprint density at radius 3 is 2.48 bits per heavy atom. The third-order valence-electron chi connectivity index (χ3n) is 6.11. The highest BCUT2D eigenvalue weighted by molar-refractivity contribution is 6.39. The molecule has 3 aromatic carbocycles. The summed E-state index contributed by atoms with van der Waals surface area (Å²) in [6.45, 7) is 3.98. The molecule has 1 aliphatic heterocycles. The predicted octanol–water partition coefficient (Wildman–Crippen LogP) is 5.36. The first-order chi connectivity index (χ1) is 21.2. The first-order valence-electron chi connectivity index (χ1n) is 13.5. The average molecular weight is 626 g/mol. The number of ether oxygens (including phenoxy) is 4. The number of halogens is 2. The van der Waals surface area contributed by atoms with E-state index in [-0.39, 0.29) is 39.0 Å². The van der Waals surface area contributed by atoms with Crippen molar-refractivity contribution in [2.24, 2.45) is 0 Å². The van der Waals surface area contributed by atoms with Crippen molar-refractivity contribution in [2.75, 3.05) is 37.1 Å². The Bertz CT molecular complexity index is 1630. The van der Waals surface area contributed by atoms with Gasteiger partial charge in [-0.25, -0.2) is 14.1 Å². The van der Waals surface area contributed by atoms with E-state index in [9.17, 15) is 23.6 Å². The van der Waals surface area contributed by atoms with Crippen molar-refractivity contribution in [3.63, 3.8) is 0 Å². The first kappa shape index (κ1) is 31.8. The fourth-order valence-electron chi connectivity index (χ4n) is 4.14. The minimum absolute atomic E-state index is 0.00415. The SMILES string of the molecule is CCCOc1ccc(N2C(=O)NC(=O)/C(=C\c3cc(Cl)c(OCC(=O)Nc4ccccc4F)c(OC)c3)C2=O)cc1OCC. The van der Waals surface area contributed by atoms with Gasteiger partial charge in [-0.3, -0.25) is 19.7 Å². The van der Waals surface area contributed by atoms with Crippen LogP contribution in [0, 0.1) is 5.82 Å². The Hall–Kier alpha value is -5.10. The van der Waals surface area contributed by atoms with E-state index < -0.39 is 36.2 Å². The van der Waals surface area contributed by atoms with Crippen molar-refractivity contribution in [2.45, 2.75) is 20.3 Å². The number of para-hydroxylation sites is 1. The van der Waals surface area contributed by atoms with Crippen LogP contribution in [0.5, 0.6) is 23.0 Å². The third kappa shape index (κ3) is 7.27. The number of nitrogens with zero attached hydrogens (tertiary/aromatic N) is 1. The Labute approximate surface area is 257 Å². The molecular weight excluding hydrogens is 597 g/mol. The van der Waals surface area contributed by atoms with Crippen LogP contribution in [0.4, 0.5) is 20.6 Å². The number of anilines is 2. The van der Waals surface area contributed by atoms with E-state index in [2.05, 4.69) is 10.6 Å². The second-order valence-corrected chi connectivity index (χ2v) is 9.63. The van der Waals surface area contributed by atoms with Crippen LogP contribution in [0.15, 0.2) is 60.2 Å². The number of carbonyl (C=O) groups is 4. The van der Waals surface area contributed by atoms with Crippen LogP contribution in [0.25, 0.3) is 6.08 Å². The fraction of sp³-hybridized carbons (Fsp3) is 0.226. The van der Waals surface area contributed by atoms with Gasteiger partial charge in [-0.2, -0.15) is 0 Å². The second-order valence-electron chi connectivity index (χ2n) is 9.22. The van der Waals surface area contributed by atoms with E-state index in [1.54, 1.807) is 19.1 Å². The van der Waals surface area contributed by atoms with Crippen molar-refractivity contribution < 1.29 is 42.5 Å². The largest absolute Gasteiger partial charge is 0.493 e. The summed E-state index contributed by atoms with van der Waals surface area (Å²) in [5.41, 5.74) is 0.0521. The standard InChI is InChI=1S/C31H29ClFN3O8/c1-4-12-43-24-11-10-19(16-25(24)42-5-2)36-30(39)20(29(38)35-31(36)40)13-18-14-21(32)28(26(15-18)41-3)44-17-27(37)34-23-9-7-6-8-22(23)33/h6-11,13-16H,4-5,12,17H2,1-3H3,(H,34,37)(H,35,38,40)/b20-13+. The van der Waals surface area contributed by atoms with Gasteiger partial charge >= 0.3 is 6.03 Å². The summed E-state index contributed by atoms with van der Waals surface area (Å²) in [5.74, 6) is -2.19. The number of carbonyl (C=O) groups excluding carboxylic acids is 4. The number of barbiturate groups is 1. The van der Waals surface area contributed by atoms with Crippen LogP contribution in [-0.2, 0) is 14.4 Å². The average Bonchev–Trinajstić information content (AvgIpc) is 2.99. The van der Waals surface area contributed by atoms with E-state index in [0.29, 0.717) is 24.7 Å². The summed E-state index contributed by atoms with van der Waals surface area (Å²) in [7, 11) is 1.33. The molecule has 1 fully saturated rings. The number of imide groups is 2. The highest BCUT2D eigenvalue weighted by atomic mass is 35.5. The third-order valence-corrected chi connectivity index (χ3v) is 6.39. The van der Waals surface area contributed by atoms with E-state index in [4.69, 9.17) is 30.5 Å². The van der Waals surface area contributed by atoms with Crippen LogP contribution >= 0.6 is 11.6 Å². The van der Waals surface area contributed by atoms with Gasteiger partial charge in [0.1, 0.15) is 11.4 Å². The summed E-state index contributed by atoms with van der Waals surface area (Å²) >= 11 is 6.42. The van der Waals surface area contributed by atoms with Gasteiger partial charge in [0.25, 0.3) is 17.7 Å². The van der Waals surface area contributed by atoms with Gasteiger partial charge in [-0.1, -0.05) is 30.7 Å². The van der Waals surface area contributed by atoms with Crippen molar-refractivity contribution >= 4 is 52.8 Å². The van der Waals surface area contributed by atoms with Crippen molar-refractivity contribution in [3.8, 4) is 23.0 Å². The van der Waals surface area contributed by atoms with E-state index in [1.165, 1.54) is 55.7 Å². The molecule has 0 atom stereocenters. The zero-order valence-corrected chi connectivity index (χ0v) is 24.8. The monoisotopic (exact) mass is 625 g/mol. The van der Waals surface area contributed by atoms with Gasteiger partial charge in [-0.15, -0.1) is 0 Å². The van der Waals surface area contributed by atoms with Crippen LogP contribution < -0.4 is 34.5 Å². The maximum absolute atomic E-state index is 13.8. The summed E-state index contributed by atoms with van der Waals surface area (Å²) in [4.78, 5) is 52.1. The van der Waals surface area contributed by atoms with Gasteiger partial charge in [0.2, 0.25) is 0 Å². The van der Waals surface area contributed by atoms with Crippen molar-refractivity contribution in [1.82, 2.24) is 5.32 Å². The molecule has 0 saturated carbocycles. The van der Waals surface area contributed by atoms with Gasteiger partial charge in [0.05, 0.1) is 36.7 Å². The molecule has 1 heterocycles. The Morgan fingerprint density at radius 1 is 1.00 bits per heavy atom. The maximum Gasteiger partial charge on any atom is 0.335 e. The summed E-state index contributed by atoms with van der Waals surface area (Å²) in [6.07, 6.45) is 2.01. The second kappa shape index (κ2) is 14.4. The lowest BCUT2D eigenvalue weighted by Crippen LogP contribution is -2.54. The number of urea groups is 1. The van der Waals surface area contributed by atoms with Gasteiger partial charge in [-0.05, 0) is 61.4 Å². The predicted molar refractivity (Wildman–Crippen MR) is 161 cm³/mol. The molecule has 1 aliphatic rings. The normalized spacial score (nSPS) is 13.9. The Kier molecular flexibility index (Phi) is 10.4. The number of amides is 5. The number of methoxy groups -OCH3 is 1. The fourth-order valence-corrected chi connectivity index (χ4v) is 4.42. The molecule has 0 spiro atoms. The zero-order valence-electron chi connectivity index (χ0n) is 24.1. The van der Waals surface area contributed by atoms with E-state index in [0.717, 1.165) is 11.3 Å². The lowest BCUT2D eigenvalue weighted by atomic mass is 10.1. The molecule has 2 N–H and O–H groups in total. The van der Waals surface area contributed by atoms with Gasteiger partial charge in [0, 0.05) is 6.07 Å². The summed E-state index contributed by atoms with van der Waals surface area (Å²) < 4.78 is 36.1. The zero-order chi connectivity index (χ0) is 31.8. The van der Waals surface area contributed by atoms with Crippen LogP contribution in [-0.4, -0.2) is 50.7 Å². The molecule has 0 aromatic heterocycles. The van der Waals surface area contributed by atoms with E-state index in [1.807, 2.05) is 6.92 Å². The lowest BCUT2D eigenvalue weighted by Gasteiger charge is -2.27. The molecule has 11 nitrogen and oxygen atoms in total. The molecule has 3 aromatic rings. The quantitative estimate of drug-likeness (QED) is 0.203. The number of nitrogens with one attached hydrogen (secondary N) is 2. The van der Waals surface area contributed by atoms with Crippen molar-refractivity contribution in [3.05, 3.63) is 76.6 Å². The lowest BCUT2D eigenvalue weighted by molar-refractivity contribution is -0.122. The molecule has 13 heteroatoms. The maximum atomic E-state index is 13.8. The van der Waals surface area contributed by atoms with Crippen LogP contribution in [0.2, 0.25) is 5.02 Å². The summed E-state index contributed by atoms with van der Waals surface area (Å²) in [6, 6.07) is 12.1. The van der Waals surface area contributed by atoms with Crippen LogP contribution in [0.3, 0.4) is 0 Å². The molecule has 5 amide bonds. The molecule has 0 unspecified atom stereocenters. The van der Waals surface area contributed by atoms with Gasteiger partial charge in [0.15, 0.2) is 29.6 Å². The minimum Gasteiger partial charge on any atom is -0.493 e. The van der Waals surface area contributed by atoms with E-state index >= 15 is 0 Å². The Morgan fingerprint density at radius 2 is 1.77 bits per heavy atom. The van der Waals surface area contributed by atoms with Crippen molar-refractivity contribution in [1.29, 1.82) is 0 Å². The number of rotatable bonds is 12. The number of hydrogen-bond acceptors (Lipinski definition) is 8. The molecule has 0 aliphatic carbocycles. The highest BCUT2D eigenvalue weighted by Gasteiger charge is 2.37. The Balaban J connectivity index is 1.58. The van der Waals surface area contributed by atoms with Gasteiger partial charge < -0.3 is 24.3 Å². The first-order valence-corrected chi connectivity index (χ1v) is 13.9. The molecule has 0 radical (unpaired) electrons. The highest BCUT2D eigenvalue weighted by Crippen LogP contribution is 2.38. The number of hydrogen-bond donors (Lipinski definition) is 2.